The molecule has 0 aromatic heterocycles. The summed E-state index contributed by atoms with van der Waals surface area (Å²) in [5.74, 6) is 1.09. The number of fused-ring (bicyclic) bond motifs is 1. The van der Waals surface area contributed by atoms with E-state index in [-0.39, 0.29) is 5.60 Å². The maximum atomic E-state index is 6.43. The zero-order chi connectivity index (χ0) is 13.3. The topological polar surface area (TPSA) is 24.5 Å². The van der Waals surface area contributed by atoms with E-state index in [0.29, 0.717) is 0 Å². The Bertz CT molecular complexity index is 460. The van der Waals surface area contributed by atoms with E-state index >= 15 is 0 Å². The number of rotatable bonds is 2. The van der Waals surface area contributed by atoms with Gasteiger partial charge in [0.05, 0.1) is 0 Å². The Labute approximate surface area is 115 Å². The molecule has 2 heterocycles. The predicted molar refractivity (Wildman–Crippen MR) is 77.6 cm³/mol. The van der Waals surface area contributed by atoms with Gasteiger partial charge in [0.25, 0.3) is 0 Å². The Morgan fingerprint density at radius 3 is 3.11 bits per heavy atom. The van der Waals surface area contributed by atoms with Gasteiger partial charge in [-0.2, -0.15) is 0 Å². The van der Waals surface area contributed by atoms with Crippen molar-refractivity contribution >= 4 is 0 Å². The highest BCUT2D eigenvalue weighted by Gasteiger charge is 2.32. The third-order valence-electron chi connectivity index (χ3n) is 4.31. The lowest BCUT2D eigenvalue weighted by Gasteiger charge is -2.39. The lowest BCUT2D eigenvalue weighted by molar-refractivity contribution is 0.0146. The number of nitrogens with zero attached hydrogens (tertiary/aromatic N) is 1. The molecule has 1 N–H and O–H groups in total. The molecule has 0 aliphatic carbocycles. The molecular weight excluding hydrogens is 236 g/mol. The second-order valence-corrected chi connectivity index (χ2v) is 6.21. The number of benzene rings is 1. The number of hydrogen-bond donors (Lipinski definition) is 1. The van der Waals surface area contributed by atoms with Gasteiger partial charge in [0, 0.05) is 18.7 Å². The van der Waals surface area contributed by atoms with Crippen LogP contribution in [0.5, 0.6) is 5.75 Å². The molecule has 1 aromatic rings. The number of likely N-dealkylation sites (N-methyl/N-ethyl adjacent to an activating group) is 1. The summed E-state index contributed by atoms with van der Waals surface area (Å²) >= 11 is 0. The van der Waals surface area contributed by atoms with Crippen LogP contribution < -0.4 is 10.1 Å². The summed E-state index contributed by atoms with van der Waals surface area (Å²) in [7, 11) is 2.18. The van der Waals surface area contributed by atoms with Gasteiger partial charge < -0.3 is 15.0 Å². The van der Waals surface area contributed by atoms with E-state index in [1.807, 2.05) is 0 Å². The minimum atomic E-state index is -0.0421. The van der Waals surface area contributed by atoms with Gasteiger partial charge >= 0.3 is 0 Å². The van der Waals surface area contributed by atoms with Crippen molar-refractivity contribution in [2.45, 2.75) is 38.3 Å². The van der Waals surface area contributed by atoms with Crippen LogP contribution in [0.1, 0.15) is 30.9 Å². The van der Waals surface area contributed by atoms with E-state index in [9.17, 15) is 0 Å². The molecule has 1 atom stereocenters. The molecule has 3 rings (SSSR count). The van der Waals surface area contributed by atoms with E-state index in [1.54, 1.807) is 0 Å². The molecule has 0 spiro atoms. The van der Waals surface area contributed by atoms with Gasteiger partial charge in [-0.1, -0.05) is 12.1 Å². The van der Waals surface area contributed by atoms with Gasteiger partial charge in [0.1, 0.15) is 11.4 Å². The largest absolute Gasteiger partial charge is 0.486 e. The van der Waals surface area contributed by atoms with E-state index < -0.39 is 0 Å². The van der Waals surface area contributed by atoms with Crippen molar-refractivity contribution in [2.24, 2.45) is 0 Å². The number of ether oxygens (including phenoxy) is 1. The quantitative estimate of drug-likeness (QED) is 0.882. The summed E-state index contributed by atoms with van der Waals surface area (Å²) in [4.78, 5) is 2.37. The van der Waals surface area contributed by atoms with Crippen molar-refractivity contribution in [1.82, 2.24) is 10.2 Å². The summed E-state index contributed by atoms with van der Waals surface area (Å²) in [6, 6.07) is 6.50. The van der Waals surface area contributed by atoms with Crippen LogP contribution in [0.3, 0.4) is 0 Å². The summed E-state index contributed by atoms with van der Waals surface area (Å²) in [5.41, 5.74) is 2.77. The average Bonchev–Trinajstić information content (AvgIpc) is 2.38. The van der Waals surface area contributed by atoms with Gasteiger partial charge in [-0.3, -0.25) is 0 Å². The van der Waals surface area contributed by atoms with Crippen molar-refractivity contribution in [2.75, 3.05) is 26.7 Å². The van der Waals surface area contributed by atoms with Crippen LogP contribution in [0.4, 0.5) is 0 Å². The predicted octanol–water partition coefficient (Wildman–Crippen LogP) is 2.20. The van der Waals surface area contributed by atoms with Crippen LogP contribution in [0, 0.1) is 0 Å². The second-order valence-electron chi connectivity index (χ2n) is 6.21. The van der Waals surface area contributed by atoms with Crippen LogP contribution in [0.2, 0.25) is 0 Å². The highest BCUT2D eigenvalue weighted by atomic mass is 16.5. The molecule has 104 valence electrons. The first-order chi connectivity index (χ1) is 9.16. The molecule has 3 nitrogen and oxygen atoms in total. The van der Waals surface area contributed by atoms with Crippen molar-refractivity contribution in [1.29, 1.82) is 0 Å². The second kappa shape index (κ2) is 5.14. The summed E-state index contributed by atoms with van der Waals surface area (Å²) in [6.07, 6.45) is 3.48. The fraction of sp³-hybridized carbons (Fsp3) is 0.625. The molecule has 2 aliphatic rings. The van der Waals surface area contributed by atoms with Gasteiger partial charge in [-0.05, 0) is 58.0 Å². The first kappa shape index (κ1) is 12.9. The number of hydrogen-bond acceptors (Lipinski definition) is 3. The standard InChI is InChI=1S/C16H24N2O/c1-16(8-4-10-18(2)12-16)19-15-6-3-5-13-7-9-17-11-14(13)15/h3,5-6,17H,4,7-12H2,1-2H3. The van der Waals surface area contributed by atoms with Crippen LogP contribution in [0.15, 0.2) is 18.2 Å². The van der Waals surface area contributed by atoms with E-state index in [4.69, 9.17) is 4.74 Å². The Kier molecular flexibility index (Phi) is 3.50. The smallest absolute Gasteiger partial charge is 0.124 e. The number of nitrogens with one attached hydrogen (secondary N) is 1. The molecule has 1 aromatic carbocycles. The minimum Gasteiger partial charge on any atom is -0.486 e. The Hall–Kier alpha value is -1.06. The monoisotopic (exact) mass is 260 g/mol. The lowest BCUT2D eigenvalue weighted by Crippen LogP contribution is -2.48. The molecule has 1 fully saturated rings. The van der Waals surface area contributed by atoms with E-state index in [1.165, 1.54) is 24.1 Å². The maximum absolute atomic E-state index is 6.43. The number of piperidine rings is 1. The summed E-state index contributed by atoms with van der Waals surface area (Å²) in [5, 5.41) is 3.45. The zero-order valence-corrected chi connectivity index (χ0v) is 12.0. The summed E-state index contributed by atoms with van der Waals surface area (Å²) in [6.45, 7) is 6.48. The molecule has 1 unspecified atom stereocenters. The van der Waals surface area contributed by atoms with Gasteiger partial charge in [-0.15, -0.1) is 0 Å². The van der Waals surface area contributed by atoms with Crippen LogP contribution in [-0.4, -0.2) is 37.2 Å². The molecule has 1 saturated heterocycles. The molecule has 0 saturated carbocycles. The fourth-order valence-corrected chi connectivity index (χ4v) is 3.38. The highest BCUT2D eigenvalue weighted by molar-refractivity contribution is 5.42. The van der Waals surface area contributed by atoms with Crippen molar-refractivity contribution in [3.63, 3.8) is 0 Å². The Morgan fingerprint density at radius 1 is 1.37 bits per heavy atom. The minimum absolute atomic E-state index is 0.0421. The van der Waals surface area contributed by atoms with Crippen molar-refractivity contribution in [3.8, 4) is 5.75 Å². The Balaban J connectivity index is 1.83. The molecule has 0 amide bonds. The highest BCUT2D eigenvalue weighted by Crippen LogP contribution is 2.31. The lowest BCUT2D eigenvalue weighted by atomic mass is 9.94. The normalized spacial score (nSPS) is 27.9. The summed E-state index contributed by atoms with van der Waals surface area (Å²) < 4.78 is 6.43. The van der Waals surface area contributed by atoms with Gasteiger partial charge in [-0.25, -0.2) is 0 Å². The molecule has 3 heteroatoms. The maximum Gasteiger partial charge on any atom is 0.124 e. The molecule has 0 bridgehead atoms. The van der Waals surface area contributed by atoms with E-state index in [2.05, 4.69) is 42.4 Å². The Morgan fingerprint density at radius 2 is 2.26 bits per heavy atom. The molecule has 19 heavy (non-hydrogen) atoms. The zero-order valence-electron chi connectivity index (χ0n) is 12.0. The first-order valence-electron chi connectivity index (χ1n) is 7.35. The molecule has 2 aliphatic heterocycles. The van der Waals surface area contributed by atoms with Crippen molar-refractivity contribution in [3.05, 3.63) is 29.3 Å². The SMILES string of the molecule is CN1CCCC(C)(Oc2cccc3c2CNCC3)C1. The van der Waals surface area contributed by atoms with Crippen LogP contribution in [0.25, 0.3) is 0 Å². The van der Waals surface area contributed by atoms with Crippen LogP contribution >= 0.6 is 0 Å². The molecular formula is C16H24N2O. The van der Waals surface area contributed by atoms with E-state index in [0.717, 1.165) is 38.2 Å². The van der Waals surface area contributed by atoms with Gasteiger partial charge in [0.2, 0.25) is 0 Å². The van der Waals surface area contributed by atoms with Crippen molar-refractivity contribution < 1.29 is 4.74 Å². The third kappa shape index (κ3) is 2.77. The first-order valence-corrected chi connectivity index (χ1v) is 7.35. The number of likely N-dealkylation sites (tertiary alicyclic amines) is 1. The van der Waals surface area contributed by atoms with Crippen LogP contribution in [-0.2, 0) is 13.0 Å². The third-order valence-corrected chi connectivity index (χ3v) is 4.31. The average molecular weight is 260 g/mol. The fourth-order valence-electron chi connectivity index (χ4n) is 3.38. The molecule has 0 radical (unpaired) electrons. The van der Waals surface area contributed by atoms with Gasteiger partial charge in [0.15, 0.2) is 0 Å².